The molecule has 0 fully saturated rings. The number of aryl methyl sites for hydroxylation is 1. The van der Waals surface area contributed by atoms with Gasteiger partial charge in [0.15, 0.2) is 0 Å². The molecule has 3 rings (SSSR count). The second-order valence-electron chi connectivity index (χ2n) is 5.45. The number of hydrogen-bond acceptors (Lipinski definition) is 4. The van der Waals surface area contributed by atoms with Gasteiger partial charge in [0, 0.05) is 12.0 Å². The lowest BCUT2D eigenvalue weighted by Crippen LogP contribution is -2.28. The molecule has 0 saturated carbocycles. The van der Waals surface area contributed by atoms with Crippen LogP contribution in [0.15, 0.2) is 59.6 Å². The molecule has 118 valence electrons. The Bertz CT molecular complexity index is 696. The molecule has 0 aromatic heterocycles. The Labute approximate surface area is 136 Å². The van der Waals surface area contributed by atoms with Gasteiger partial charge in [-0.2, -0.15) is 0 Å². The zero-order valence-corrected chi connectivity index (χ0v) is 13.0. The maximum atomic E-state index is 11.7. The highest BCUT2D eigenvalue weighted by Crippen LogP contribution is 2.16. The van der Waals surface area contributed by atoms with Gasteiger partial charge in [0.2, 0.25) is 0 Å². The molecule has 0 aliphatic carbocycles. The van der Waals surface area contributed by atoms with Gasteiger partial charge in [-0.1, -0.05) is 54.6 Å². The first-order valence-corrected chi connectivity index (χ1v) is 7.89. The van der Waals surface area contributed by atoms with E-state index in [1.54, 1.807) is 0 Å². The molecule has 0 saturated heterocycles. The fourth-order valence-corrected chi connectivity index (χ4v) is 2.59. The Balaban J connectivity index is 1.35. The summed E-state index contributed by atoms with van der Waals surface area (Å²) >= 11 is 0. The fourth-order valence-electron chi connectivity index (χ4n) is 2.59. The average molecular weight is 308 g/mol. The van der Waals surface area contributed by atoms with E-state index < -0.39 is 0 Å². The Morgan fingerprint density at radius 2 is 1.87 bits per heavy atom. The molecular weight excluding hydrogens is 288 g/mol. The predicted octanol–water partition coefficient (Wildman–Crippen LogP) is 2.71. The van der Waals surface area contributed by atoms with Crippen LogP contribution in [0.2, 0.25) is 0 Å². The van der Waals surface area contributed by atoms with Gasteiger partial charge >= 0.3 is 5.97 Å². The van der Waals surface area contributed by atoms with E-state index in [-0.39, 0.29) is 5.97 Å². The van der Waals surface area contributed by atoms with Crippen molar-refractivity contribution in [2.24, 2.45) is 4.99 Å². The minimum atomic E-state index is -0.163. The summed E-state index contributed by atoms with van der Waals surface area (Å²) in [6.07, 6.45) is 1.13. The molecule has 0 spiro atoms. The molecular formula is C19H20N2O2. The van der Waals surface area contributed by atoms with Crippen LogP contribution < -0.4 is 5.32 Å². The summed E-state index contributed by atoms with van der Waals surface area (Å²) in [5, 5.41) is 3.24. The van der Waals surface area contributed by atoms with E-state index in [1.807, 2.05) is 42.5 Å². The van der Waals surface area contributed by atoms with Crippen LogP contribution >= 0.6 is 0 Å². The smallest absolute Gasteiger partial charge is 0.306 e. The zero-order chi connectivity index (χ0) is 15.9. The van der Waals surface area contributed by atoms with Gasteiger partial charge in [0.1, 0.15) is 12.4 Å². The highest BCUT2D eigenvalue weighted by atomic mass is 16.5. The monoisotopic (exact) mass is 308 g/mol. The van der Waals surface area contributed by atoms with E-state index in [9.17, 15) is 4.79 Å². The molecule has 0 atom stereocenters. The van der Waals surface area contributed by atoms with Crippen molar-refractivity contribution in [3.05, 3.63) is 71.3 Å². The topological polar surface area (TPSA) is 50.7 Å². The third-order valence-electron chi connectivity index (χ3n) is 3.80. The molecule has 1 aliphatic heterocycles. The van der Waals surface area contributed by atoms with Crippen molar-refractivity contribution in [3.63, 3.8) is 0 Å². The molecule has 0 unspecified atom stereocenters. The summed E-state index contributed by atoms with van der Waals surface area (Å²) in [5.41, 5.74) is 3.53. The first-order valence-electron chi connectivity index (χ1n) is 7.89. The molecule has 4 heteroatoms. The lowest BCUT2D eigenvalue weighted by molar-refractivity contribution is -0.143. The lowest BCUT2D eigenvalue weighted by Gasteiger charge is -2.08. The van der Waals surface area contributed by atoms with Crippen molar-refractivity contribution in [2.45, 2.75) is 19.4 Å². The first kappa shape index (κ1) is 15.3. The number of rotatable bonds is 6. The second-order valence-corrected chi connectivity index (χ2v) is 5.45. The van der Waals surface area contributed by atoms with E-state index in [0.29, 0.717) is 26.0 Å². The van der Waals surface area contributed by atoms with Gasteiger partial charge in [0.25, 0.3) is 0 Å². The van der Waals surface area contributed by atoms with Gasteiger partial charge in [-0.05, 0) is 17.5 Å². The number of ether oxygens (including phenoxy) is 1. The fraction of sp³-hybridized carbons (Fsp3) is 0.263. The van der Waals surface area contributed by atoms with Gasteiger partial charge in [-0.15, -0.1) is 0 Å². The van der Waals surface area contributed by atoms with Gasteiger partial charge < -0.3 is 10.1 Å². The van der Waals surface area contributed by atoms with E-state index in [4.69, 9.17) is 4.74 Å². The summed E-state index contributed by atoms with van der Waals surface area (Å²) in [6.45, 7) is 1.65. The molecule has 1 heterocycles. The summed E-state index contributed by atoms with van der Waals surface area (Å²) in [7, 11) is 0. The van der Waals surface area contributed by atoms with Crippen LogP contribution in [-0.4, -0.2) is 25.0 Å². The van der Waals surface area contributed by atoms with Crippen LogP contribution in [0.4, 0.5) is 0 Å². The standard InChI is InChI=1S/C19H20N2O2/c22-18(11-10-15-6-2-1-3-7-15)23-13-12-20-19-17-9-5-4-8-16(17)14-21-19/h1-9H,10-14H2,(H,20,21). The molecule has 4 nitrogen and oxygen atoms in total. The van der Waals surface area contributed by atoms with Crippen LogP contribution in [0.25, 0.3) is 0 Å². The number of esters is 1. The zero-order valence-electron chi connectivity index (χ0n) is 13.0. The Morgan fingerprint density at radius 3 is 2.74 bits per heavy atom. The van der Waals surface area contributed by atoms with Crippen LogP contribution in [0, 0.1) is 0 Å². The normalized spacial score (nSPS) is 12.4. The first-order chi connectivity index (χ1) is 11.3. The molecule has 1 N–H and O–H groups in total. The Morgan fingerprint density at radius 1 is 1.09 bits per heavy atom. The number of hydrogen-bond donors (Lipinski definition) is 1. The highest BCUT2D eigenvalue weighted by molar-refractivity contribution is 6.01. The highest BCUT2D eigenvalue weighted by Gasteiger charge is 2.14. The largest absolute Gasteiger partial charge is 0.464 e. The van der Waals surface area contributed by atoms with Crippen molar-refractivity contribution < 1.29 is 9.53 Å². The second kappa shape index (κ2) is 7.58. The molecule has 2 aromatic carbocycles. The van der Waals surface area contributed by atoms with Crippen LogP contribution in [0.1, 0.15) is 23.1 Å². The Kier molecular flexibility index (Phi) is 5.04. The number of benzene rings is 2. The third kappa shape index (κ3) is 4.19. The maximum absolute atomic E-state index is 11.7. The average Bonchev–Trinajstić information content (AvgIpc) is 3.01. The van der Waals surface area contributed by atoms with E-state index in [0.717, 1.165) is 23.5 Å². The lowest BCUT2D eigenvalue weighted by atomic mass is 10.1. The SMILES string of the molecule is O=C(CCc1ccccc1)OCCNC1=NCc2ccccc21. The maximum Gasteiger partial charge on any atom is 0.306 e. The minimum Gasteiger partial charge on any atom is -0.464 e. The number of fused-ring (bicyclic) bond motifs is 1. The molecule has 0 amide bonds. The van der Waals surface area contributed by atoms with Crippen molar-refractivity contribution >= 4 is 11.8 Å². The summed E-state index contributed by atoms with van der Waals surface area (Å²) in [4.78, 5) is 16.2. The molecule has 23 heavy (non-hydrogen) atoms. The number of nitrogens with zero attached hydrogens (tertiary/aromatic N) is 1. The van der Waals surface area contributed by atoms with Crippen LogP contribution in [-0.2, 0) is 22.5 Å². The quantitative estimate of drug-likeness (QED) is 0.659. The summed E-state index contributed by atoms with van der Waals surface area (Å²) < 4.78 is 5.26. The van der Waals surface area contributed by atoms with Crippen LogP contribution in [0.5, 0.6) is 0 Å². The van der Waals surface area contributed by atoms with Gasteiger partial charge in [-0.3, -0.25) is 9.79 Å². The Hall–Kier alpha value is -2.62. The third-order valence-corrected chi connectivity index (χ3v) is 3.80. The molecule has 2 aromatic rings. The molecule has 0 radical (unpaired) electrons. The molecule has 0 bridgehead atoms. The minimum absolute atomic E-state index is 0.163. The van der Waals surface area contributed by atoms with Crippen molar-refractivity contribution in [1.29, 1.82) is 0 Å². The summed E-state index contributed by atoms with van der Waals surface area (Å²) in [5.74, 6) is 0.727. The van der Waals surface area contributed by atoms with Crippen molar-refractivity contribution in [2.75, 3.05) is 13.2 Å². The number of nitrogens with one attached hydrogen (secondary N) is 1. The van der Waals surface area contributed by atoms with Crippen molar-refractivity contribution in [3.8, 4) is 0 Å². The van der Waals surface area contributed by atoms with Crippen molar-refractivity contribution in [1.82, 2.24) is 5.32 Å². The van der Waals surface area contributed by atoms with Gasteiger partial charge in [0.05, 0.1) is 13.1 Å². The van der Waals surface area contributed by atoms with Crippen LogP contribution in [0.3, 0.4) is 0 Å². The molecule has 1 aliphatic rings. The van der Waals surface area contributed by atoms with E-state index in [1.165, 1.54) is 5.56 Å². The van der Waals surface area contributed by atoms with Gasteiger partial charge in [-0.25, -0.2) is 0 Å². The number of aliphatic imine (C=N–C) groups is 1. The summed E-state index contributed by atoms with van der Waals surface area (Å²) in [6, 6.07) is 18.1. The van der Waals surface area contributed by atoms with E-state index in [2.05, 4.69) is 22.4 Å². The predicted molar refractivity (Wildman–Crippen MR) is 90.4 cm³/mol. The number of carbonyl (C=O) groups excluding carboxylic acids is 1. The van der Waals surface area contributed by atoms with E-state index >= 15 is 0 Å². The number of carbonyl (C=O) groups is 1. The number of amidine groups is 1.